The van der Waals surface area contributed by atoms with Gasteiger partial charge in [-0.15, -0.1) is 0 Å². The van der Waals surface area contributed by atoms with Gasteiger partial charge in [0.25, 0.3) is 0 Å². The first-order valence-electron chi connectivity index (χ1n) is 16.1. The van der Waals surface area contributed by atoms with Crippen molar-refractivity contribution in [3.05, 3.63) is 0 Å². The first-order valence-corrected chi connectivity index (χ1v) is 16.1. The van der Waals surface area contributed by atoms with Crippen molar-refractivity contribution in [3.8, 4) is 0 Å². The van der Waals surface area contributed by atoms with Crippen LogP contribution in [0.2, 0.25) is 0 Å². The zero-order chi connectivity index (χ0) is 31.6. The number of nitrogens with two attached hydrogens (primary N) is 2. The number of nitrogens with zero attached hydrogens (tertiary/aromatic N) is 1. The van der Waals surface area contributed by atoms with Crippen LogP contribution in [-0.2, 0) is 38.4 Å². The molecule has 1 aliphatic carbocycles. The second kappa shape index (κ2) is 13.7. The Morgan fingerprint density at radius 1 is 1.09 bits per heavy atom. The molecule has 2 bridgehead atoms. The molecule has 1 saturated carbocycles. The third-order valence-electron chi connectivity index (χ3n) is 9.75. The maximum absolute atomic E-state index is 13.8. The first-order chi connectivity index (χ1) is 20.2. The third-order valence-corrected chi connectivity index (χ3v) is 9.75. The highest BCUT2D eigenvalue weighted by atomic mass is 17.3. The molecule has 5 fully saturated rings. The summed E-state index contributed by atoms with van der Waals surface area (Å²) >= 11 is 0. The molecule has 43 heavy (non-hydrogen) atoms. The van der Waals surface area contributed by atoms with Gasteiger partial charge in [-0.1, -0.05) is 20.3 Å². The molecule has 5 rings (SSSR count). The van der Waals surface area contributed by atoms with E-state index in [9.17, 15) is 14.4 Å². The molecule has 9 atom stereocenters. The van der Waals surface area contributed by atoms with Crippen molar-refractivity contribution in [2.24, 2.45) is 35.1 Å². The minimum absolute atomic E-state index is 0.0144. The molecule has 12 nitrogen and oxygen atoms in total. The molecular weight excluding hydrogens is 556 g/mol. The molecule has 5 N–H and O–H groups in total. The molecule has 0 aromatic heterocycles. The van der Waals surface area contributed by atoms with Crippen LogP contribution in [-0.4, -0.2) is 84.3 Å². The molecular formula is C31H54N4O8. The Balaban J connectivity index is 1.45. The third kappa shape index (κ3) is 7.70. The number of hydrogen-bond acceptors (Lipinski definition) is 10. The lowest BCUT2D eigenvalue weighted by Crippen LogP contribution is -2.70. The lowest BCUT2D eigenvalue weighted by Gasteiger charge is -2.60. The minimum atomic E-state index is -0.904. The first kappa shape index (κ1) is 34.1. The molecule has 12 heteroatoms. The van der Waals surface area contributed by atoms with Gasteiger partial charge in [-0.25, -0.2) is 9.78 Å². The standard InChI is InChI=1S/C31H54N4O8/c1-19-10-11-22-20(2)24(39-28-31(22)21(19)12-13-30(6,41-28)42-43-31)17-25(36)35(18-26(37)40-29(3,4)5)16-15-34-27(38)23(33)9-7-8-14-32/h19-24,28H,7-18,32-33H2,1-6H3,(H,34,38)/t19-,20-,21?,22?,23+,24-,28-,30+,31-/m1/s1. The van der Waals surface area contributed by atoms with Crippen molar-refractivity contribution < 1.29 is 38.4 Å². The molecule has 0 aromatic carbocycles. The highest BCUT2D eigenvalue weighted by Crippen LogP contribution is 2.60. The van der Waals surface area contributed by atoms with Crippen LogP contribution in [0.4, 0.5) is 0 Å². The molecule has 0 aromatic rings. The Morgan fingerprint density at radius 2 is 1.84 bits per heavy atom. The van der Waals surface area contributed by atoms with Crippen LogP contribution in [0.25, 0.3) is 0 Å². The summed E-state index contributed by atoms with van der Waals surface area (Å²) in [7, 11) is 0. The van der Waals surface area contributed by atoms with Gasteiger partial charge in [-0.2, -0.15) is 0 Å². The van der Waals surface area contributed by atoms with Crippen LogP contribution in [0.1, 0.15) is 92.9 Å². The van der Waals surface area contributed by atoms with Gasteiger partial charge in [0.2, 0.25) is 17.6 Å². The zero-order valence-electron chi connectivity index (χ0n) is 26.9. The summed E-state index contributed by atoms with van der Waals surface area (Å²) in [6.45, 7) is 12.2. The van der Waals surface area contributed by atoms with Crippen molar-refractivity contribution in [3.63, 3.8) is 0 Å². The summed E-state index contributed by atoms with van der Waals surface area (Å²) in [4.78, 5) is 52.7. The number of fused-ring (bicyclic) bond motifs is 2. The molecule has 1 spiro atoms. The fraction of sp³-hybridized carbons (Fsp3) is 0.903. The topological polar surface area (TPSA) is 165 Å². The summed E-state index contributed by atoms with van der Waals surface area (Å²) in [5.41, 5.74) is 10.1. The van der Waals surface area contributed by atoms with Crippen LogP contribution >= 0.6 is 0 Å². The molecule has 2 unspecified atom stereocenters. The molecule has 4 heterocycles. The Kier molecular flexibility index (Phi) is 10.8. The summed E-state index contributed by atoms with van der Waals surface area (Å²) in [6, 6.07) is -0.657. The van der Waals surface area contributed by atoms with Crippen molar-refractivity contribution in [2.45, 2.75) is 128 Å². The van der Waals surface area contributed by atoms with E-state index < -0.39 is 41.4 Å². The van der Waals surface area contributed by atoms with E-state index >= 15 is 0 Å². The largest absolute Gasteiger partial charge is 0.459 e. The van der Waals surface area contributed by atoms with Crippen LogP contribution in [0.5, 0.6) is 0 Å². The number of carbonyl (C=O) groups excluding carboxylic acids is 3. The maximum atomic E-state index is 13.8. The average molecular weight is 611 g/mol. The van der Waals surface area contributed by atoms with Crippen LogP contribution in [0, 0.1) is 23.7 Å². The second-order valence-corrected chi connectivity index (χ2v) is 14.2. The Bertz CT molecular complexity index is 1010. The number of carbonyl (C=O) groups is 3. The Labute approximate surface area is 256 Å². The van der Waals surface area contributed by atoms with Crippen molar-refractivity contribution in [2.75, 3.05) is 26.2 Å². The van der Waals surface area contributed by atoms with Crippen LogP contribution in [0.15, 0.2) is 0 Å². The molecule has 246 valence electrons. The van der Waals surface area contributed by atoms with E-state index in [1.807, 2.05) is 6.92 Å². The van der Waals surface area contributed by atoms with Gasteiger partial charge in [0.05, 0.1) is 18.6 Å². The fourth-order valence-corrected chi connectivity index (χ4v) is 7.42. The molecule has 4 aliphatic heterocycles. The highest BCUT2D eigenvalue weighted by Gasteiger charge is 2.69. The Hall–Kier alpha value is -1.83. The van der Waals surface area contributed by atoms with Crippen molar-refractivity contribution >= 4 is 17.8 Å². The van der Waals surface area contributed by atoms with E-state index in [4.69, 9.17) is 35.5 Å². The van der Waals surface area contributed by atoms with Gasteiger partial charge in [-0.05, 0) is 84.1 Å². The van der Waals surface area contributed by atoms with Crippen LogP contribution in [0.3, 0.4) is 0 Å². The average Bonchev–Trinajstić information content (AvgIpc) is 3.15. The second-order valence-electron chi connectivity index (χ2n) is 14.2. The summed E-state index contributed by atoms with van der Waals surface area (Å²) in [6.07, 6.45) is 4.67. The number of amides is 2. The summed E-state index contributed by atoms with van der Waals surface area (Å²) in [5.74, 6) is -1.24. The molecule has 4 saturated heterocycles. The van der Waals surface area contributed by atoms with Gasteiger partial charge in [-0.3, -0.25) is 14.4 Å². The van der Waals surface area contributed by atoms with E-state index in [1.54, 1.807) is 20.8 Å². The number of esters is 1. The normalized spacial score (nSPS) is 35.8. The van der Waals surface area contributed by atoms with E-state index in [0.29, 0.717) is 25.3 Å². The van der Waals surface area contributed by atoms with Gasteiger partial charge in [0.15, 0.2) is 11.9 Å². The molecule has 0 radical (unpaired) electrons. The Morgan fingerprint density at radius 3 is 2.53 bits per heavy atom. The number of nitrogens with one attached hydrogen (secondary N) is 1. The highest BCUT2D eigenvalue weighted by molar-refractivity contribution is 5.83. The van der Waals surface area contributed by atoms with Gasteiger partial charge in [0, 0.05) is 25.4 Å². The number of ether oxygens (including phenoxy) is 3. The molecule has 5 aliphatic rings. The molecule has 2 amide bonds. The number of unbranched alkanes of at least 4 members (excludes halogenated alkanes) is 1. The van der Waals surface area contributed by atoms with E-state index in [2.05, 4.69) is 19.2 Å². The van der Waals surface area contributed by atoms with E-state index in [1.165, 1.54) is 4.90 Å². The van der Waals surface area contributed by atoms with Crippen molar-refractivity contribution in [1.29, 1.82) is 0 Å². The van der Waals surface area contributed by atoms with Crippen molar-refractivity contribution in [1.82, 2.24) is 10.2 Å². The van der Waals surface area contributed by atoms with Crippen LogP contribution < -0.4 is 16.8 Å². The number of hydrogen-bond donors (Lipinski definition) is 3. The van der Waals surface area contributed by atoms with E-state index in [0.717, 1.165) is 32.1 Å². The summed E-state index contributed by atoms with van der Waals surface area (Å²) in [5, 5.41) is 2.80. The monoisotopic (exact) mass is 610 g/mol. The lowest BCUT2D eigenvalue weighted by molar-refractivity contribution is -0.570. The number of rotatable bonds is 12. The predicted octanol–water partition coefficient (Wildman–Crippen LogP) is 2.37. The minimum Gasteiger partial charge on any atom is -0.459 e. The quantitative estimate of drug-likeness (QED) is 0.170. The summed E-state index contributed by atoms with van der Waals surface area (Å²) < 4.78 is 18.5. The zero-order valence-corrected chi connectivity index (χ0v) is 26.9. The fourth-order valence-electron chi connectivity index (χ4n) is 7.42. The SMILES string of the molecule is C[C@@H]1CCC2[C@@H](C)[C@@H](CC(=O)N(CCNC(=O)[C@@H](N)CCCCN)CC(=O)OC(C)(C)C)O[C@@H]3O[C@]4(C)CCC1[C@@]23OO4. The van der Waals surface area contributed by atoms with Gasteiger partial charge >= 0.3 is 5.97 Å². The van der Waals surface area contributed by atoms with Gasteiger partial charge in [0.1, 0.15) is 12.1 Å². The smallest absolute Gasteiger partial charge is 0.326 e. The van der Waals surface area contributed by atoms with E-state index in [-0.39, 0.29) is 55.6 Å². The maximum Gasteiger partial charge on any atom is 0.326 e. The predicted molar refractivity (Wildman–Crippen MR) is 158 cm³/mol. The van der Waals surface area contributed by atoms with Gasteiger partial charge < -0.3 is 35.9 Å². The lowest BCUT2D eigenvalue weighted by atomic mass is 9.57.